The molecule has 3 aliphatic rings. The van der Waals surface area contributed by atoms with Crippen LogP contribution >= 0.6 is 0 Å². The van der Waals surface area contributed by atoms with Gasteiger partial charge in [-0.05, 0) is 19.1 Å². The van der Waals surface area contributed by atoms with Crippen LogP contribution < -0.4 is 10.2 Å². The molecule has 21 heavy (non-hydrogen) atoms. The van der Waals surface area contributed by atoms with E-state index in [1.165, 1.54) is 11.3 Å². The monoisotopic (exact) mass is 285 g/mol. The first kappa shape index (κ1) is 12.7. The third-order valence-electron chi connectivity index (χ3n) is 4.99. The maximum atomic E-state index is 11.9. The molecule has 110 valence electrons. The lowest BCUT2D eigenvalue weighted by molar-refractivity contribution is -0.121. The minimum absolute atomic E-state index is 0.150. The summed E-state index contributed by atoms with van der Waals surface area (Å²) in [5.41, 5.74) is 2.54. The Morgan fingerprint density at radius 3 is 2.38 bits per heavy atom. The number of anilines is 1. The Morgan fingerprint density at radius 2 is 1.76 bits per heavy atom. The number of hydrogen-bond donors (Lipinski definition) is 1. The van der Waals surface area contributed by atoms with E-state index in [-0.39, 0.29) is 11.9 Å². The molecule has 2 atom stereocenters. The summed E-state index contributed by atoms with van der Waals surface area (Å²) >= 11 is 0. The van der Waals surface area contributed by atoms with Crippen molar-refractivity contribution < 1.29 is 9.59 Å². The van der Waals surface area contributed by atoms with Crippen molar-refractivity contribution in [1.82, 2.24) is 10.2 Å². The SMILES string of the molecule is Cc1ccc(N2CC3C(C2)C3N2CCC(=O)NC2=O)cc1. The zero-order valence-corrected chi connectivity index (χ0v) is 12.1. The number of nitrogens with one attached hydrogen (secondary N) is 1. The molecule has 1 aliphatic carbocycles. The third kappa shape index (κ3) is 2.07. The molecule has 2 unspecified atom stereocenters. The van der Waals surface area contributed by atoms with Crippen LogP contribution in [0.15, 0.2) is 24.3 Å². The standard InChI is InChI=1S/C16H19N3O2/c1-10-2-4-11(5-3-10)18-8-12-13(9-18)15(12)19-7-6-14(20)17-16(19)21/h2-5,12-13,15H,6-9H2,1H3,(H,17,20,21). The van der Waals surface area contributed by atoms with Gasteiger partial charge in [-0.3, -0.25) is 10.1 Å². The van der Waals surface area contributed by atoms with Gasteiger partial charge in [0.1, 0.15) is 0 Å². The smallest absolute Gasteiger partial charge is 0.324 e. The molecule has 0 radical (unpaired) electrons. The van der Waals surface area contributed by atoms with Crippen LogP contribution in [0.5, 0.6) is 0 Å². The number of fused-ring (bicyclic) bond motifs is 1. The topological polar surface area (TPSA) is 52.6 Å². The Kier molecular flexibility index (Phi) is 2.71. The van der Waals surface area contributed by atoms with Crippen molar-refractivity contribution >= 4 is 17.6 Å². The van der Waals surface area contributed by atoms with Crippen LogP contribution in [0, 0.1) is 18.8 Å². The van der Waals surface area contributed by atoms with Crippen molar-refractivity contribution in [3.8, 4) is 0 Å². The molecule has 0 aromatic heterocycles. The fraction of sp³-hybridized carbons (Fsp3) is 0.500. The lowest BCUT2D eigenvalue weighted by atomic mass is 10.2. The summed E-state index contributed by atoms with van der Waals surface area (Å²) in [6.45, 7) is 4.69. The van der Waals surface area contributed by atoms with Gasteiger partial charge in [-0.15, -0.1) is 0 Å². The minimum atomic E-state index is -0.201. The Hall–Kier alpha value is -2.04. The van der Waals surface area contributed by atoms with Crippen molar-refractivity contribution in [2.45, 2.75) is 19.4 Å². The van der Waals surface area contributed by atoms with Gasteiger partial charge in [0.05, 0.1) is 0 Å². The van der Waals surface area contributed by atoms with Crippen LogP contribution in [0.4, 0.5) is 10.5 Å². The summed E-state index contributed by atoms with van der Waals surface area (Å²) < 4.78 is 0. The second kappa shape index (κ2) is 4.48. The highest BCUT2D eigenvalue weighted by molar-refractivity contribution is 5.97. The minimum Gasteiger partial charge on any atom is -0.371 e. The molecule has 0 spiro atoms. The molecule has 2 aliphatic heterocycles. The number of amides is 3. The van der Waals surface area contributed by atoms with Gasteiger partial charge in [-0.1, -0.05) is 17.7 Å². The van der Waals surface area contributed by atoms with Crippen molar-refractivity contribution in [2.75, 3.05) is 24.5 Å². The van der Waals surface area contributed by atoms with E-state index in [1.807, 2.05) is 4.90 Å². The highest BCUT2D eigenvalue weighted by Crippen LogP contribution is 2.50. The molecule has 1 N–H and O–H groups in total. The van der Waals surface area contributed by atoms with Gasteiger partial charge in [0.25, 0.3) is 0 Å². The van der Waals surface area contributed by atoms with Crippen molar-refractivity contribution in [1.29, 1.82) is 0 Å². The number of carbonyl (C=O) groups excluding carboxylic acids is 2. The van der Waals surface area contributed by atoms with Gasteiger partial charge in [-0.2, -0.15) is 0 Å². The van der Waals surface area contributed by atoms with Crippen molar-refractivity contribution in [3.05, 3.63) is 29.8 Å². The predicted molar refractivity (Wildman–Crippen MR) is 79.0 cm³/mol. The van der Waals surface area contributed by atoms with Crippen LogP contribution in [0.25, 0.3) is 0 Å². The van der Waals surface area contributed by atoms with E-state index >= 15 is 0 Å². The Balaban J connectivity index is 1.40. The van der Waals surface area contributed by atoms with E-state index < -0.39 is 0 Å². The molecule has 1 saturated carbocycles. The van der Waals surface area contributed by atoms with E-state index in [2.05, 4.69) is 41.4 Å². The second-order valence-electron chi connectivity index (χ2n) is 6.36. The summed E-state index contributed by atoms with van der Waals surface area (Å²) in [5.74, 6) is 0.971. The molecule has 2 heterocycles. The fourth-order valence-corrected chi connectivity index (χ4v) is 3.79. The van der Waals surface area contributed by atoms with Gasteiger partial charge in [0.2, 0.25) is 5.91 Å². The quantitative estimate of drug-likeness (QED) is 0.893. The van der Waals surface area contributed by atoms with Gasteiger partial charge >= 0.3 is 6.03 Å². The normalized spacial score (nSPS) is 31.2. The van der Waals surface area contributed by atoms with E-state index in [0.29, 0.717) is 30.8 Å². The molecule has 2 saturated heterocycles. The lowest BCUT2D eigenvalue weighted by Gasteiger charge is -2.30. The largest absolute Gasteiger partial charge is 0.371 e. The van der Waals surface area contributed by atoms with Gasteiger partial charge in [0.15, 0.2) is 0 Å². The average molecular weight is 285 g/mol. The van der Waals surface area contributed by atoms with Crippen molar-refractivity contribution in [2.24, 2.45) is 11.8 Å². The first-order valence-electron chi connectivity index (χ1n) is 7.55. The number of imide groups is 1. The van der Waals surface area contributed by atoms with Crippen molar-refractivity contribution in [3.63, 3.8) is 0 Å². The number of nitrogens with zero attached hydrogens (tertiary/aromatic N) is 2. The second-order valence-corrected chi connectivity index (χ2v) is 6.36. The number of hydrogen-bond acceptors (Lipinski definition) is 3. The molecule has 0 bridgehead atoms. The lowest BCUT2D eigenvalue weighted by Crippen LogP contribution is -2.52. The number of rotatable bonds is 2. The molecule has 4 rings (SSSR count). The molecule has 5 heteroatoms. The Morgan fingerprint density at radius 1 is 1.10 bits per heavy atom. The summed E-state index contributed by atoms with van der Waals surface area (Å²) in [4.78, 5) is 27.4. The van der Waals surface area contributed by atoms with Gasteiger partial charge in [0, 0.05) is 49.6 Å². The molecule has 5 nitrogen and oxygen atoms in total. The molecule has 3 amide bonds. The van der Waals surface area contributed by atoms with E-state index in [4.69, 9.17) is 0 Å². The zero-order valence-electron chi connectivity index (χ0n) is 12.1. The van der Waals surface area contributed by atoms with Crippen LogP contribution in [-0.2, 0) is 4.79 Å². The van der Waals surface area contributed by atoms with E-state index in [9.17, 15) is 9.59 Å². The summed E-state index contributed by atoms with van der Waals surface area (Å²) in [6.07, 6.45) is 0.434. The highest BCUT2D eigenvalue weighted by atomic mass is 16.2. The fourth-order valence-electron chi connectivity index (χ4n) is 3.79. The third-order valence-corrected chi connectivity index (χ3v) is 4.99. The molecule has 1 aromatic carbocycles. The summed E-state index contributed by atoms with van der Waals surface area (Å²) in [6, 6.07) is 8.75. The Bertz CT molecular complexity index is 586. The molecule has 1 aromatic rings. The number of urea groups is 1. The number of carbonyl (C=O) groups is 2. The van der Waals surface area contributed by atoms with Gasteiger partial charge < -0.3 is 9.80 Å². The maximum Gasteiger partial charge on any atom is 0.324 e. The zero-order chi connectivity index (χ0) is 14.6. The predicted octanol–water partition coefficient (Wildman–Crippen LogP) is 1.37. The summed E-state index contributed by atoms with van der Waals surface area (Å²) in [5, 5.41) is 2.42. The van der Waals surface area contributed by atoms with Crippen LogP contribution in [0.3, 0.4) is 0 Å². The highest BCUT2D eigenvalue weighted by Gasteiger charge is 2.60. The number of piperidine rings is 1. The average Bonchev–Trinajstić information content (AvgIpc) is 2.93. The van der Waals surface area contributed by atoms with Gasteiger partial charge in [-0.25, -0.2) is 4.79 Å². The van der Waals surface area contributed by atoms with Crippen LogP contribution in [-0.4, -0.2) is 42.5 Å². The molecular weight excluding hydrogens is 266 g/mol. The summed E-state index contributed by atoms with van der Waals surface area (Å²) in [7, 11) is 0. The van der Waals surface area contributed by atoms with Crippen LogP contribution in [0.2, 0.25) is 0 Å². The molecule has 3 fully saturated rings. The van der Waals surface area contributed by atoms with Crippen LogP contribution in [0.1, 0.15) is 12.0 Å². The van der Waals surface area contributed by atoms with E-state index in [0.717, 1.165) is 13.1 Å². The Labute approximate surface area is 123 Å². The number of benzene rings is 1. The first-order chi connectivity index (χ1) is 10.1. The molecular formula is C16H19N3O2. The number of aryl methyl sites for hydroxylation is 1. The first-order valence-corrected chi connectivity index (χ1v) is 7.55. The van der Waals surface area contributed by atoms with E-state index in [1.54, 1.807) is 0 Å². The maximum absolute atomic E-state index is 11.9.